The van der Waals surface area contributed by atoms with Gasteiger partial charge in [-0.05, 0) is 41.8 Å². The Kier molecular flexibility index (Phi) is 6.46. The monoisotopic (exact) mass is 377 g/mol. The Bertz CT molecular complexity index is 822. The molecule has 0 fully saturated rings. The fourth-order valence-electron chi connectivity index (χ4n) is 2.52. The first-order valence-electron chi connectivity index (χ1n) is 7.84. The number of benzene rings is 2. The van der Waals surface area contributed by atoms with Crippen LogP contribution in [-0.4, -0.2) is 31.2 Å². The summed E-state index contributed by atoms with van der Waals surface area (Å²) in [6, 6.07) is 8.78. The van der Waals surface area contributed by atoms with E-state index in [0.29, 0.717) is 17.1 Å². The molecule has 0 aliphatic rings. The first-order chi connectivity index (χ1) is 12.3. The molecule has 138 valence electrons. The molecule has 6 nitrogen and oxygen atoms in total. The number of aryl methyl sites for hydroxylation is 1. The highest BCUT2D eigenvalue weighted by atomic mass is 35.5. The summed E-state index contributed by atoms with van der Waals surface area (Å²) in [5, 5.41) is 12.3. The molecule has 1 unspecified atom stereocenters. The van der Waals surface area contributed by atoms with Gasteiger partial charge in [-0.25, -0.2) is 4.79 Å². The molecule has 1 atom stereocenters. The van der Waals surface area contributed by atoms with E-state index in [-0.39, 0.29) is 11.4 Å². The second kappa shape index (κ2) is 8.58. The molecule has 7 heteroatoms. The van der Waals surface area contributed by atoms with Gasteiger partial charge >= 0.3 is 5.97 Å². The fourth-order valence-corrected chi connectivity index (χ4v) is 2.79. The summed E-state index contributed by atoms with van der Waals surface area (Å²) in [7, 11) is 3.02. The highest BCUT2D eigenvalue weighted by Crippen LogP contribution is 2.28. The third-order valence-corrected chi connectivity index (χ3v) is 4.19. The number of halogens is 1. The maximum absolute atomic E-state index is 12.3. The van der Waals surface area contributed by atoms with Gasteiger partial charge in [0.1, 0.15) is 11.5 Å². The third kappa shape index (κ3) is 4.67. The number of methoxy groups -OCH3 is 2. The second-order valence-corrected chi connectivity index (χ2v) is 6.12. The average Bonchev–Trinajstić information content (AvgIpc) is 2.61. The second-order valence-electron chi connectivity index (χ2n) is 5.71. The van der Waals surface area contributed by atoms with Gasteiger partial charge in [0.05, 0.1) is 25.7 Å². The van der Waals surface area contributed by atoms with Crippen molar-refractivity contribution in [3.63, 3.8) is 0 Å². The van der Waals surface area contributed by atoms with Crippen molar-refractivity contribution in [3.05, 3.63) is 58.1 Å². The Morgan fingerprint density at radius 2 is 1.81 bits per heavy atom. The van der Waals surface area contributed by atoms with Gasteiger partial charge in [0.25, 0.3) is 0 Å². The first kappa shape index (κ1) is 19.6. The SMILES string of the molecule is COc1cc(CC(=O)NC(C(=O)O)c2ccc(OC)c(Cl)c2)ccc1C. The Morgan fingerprint density at radius 1 is 1.12 bits per heavy atom. The topological polar surface area (TPSA) is 84.9 Å². The molecule has 0 heterocycles. The smallest absolute Gasteiger partial charge is 0.330 e. The van der Waals surface area contributed by atoms with Crippen molar-refractivity contribution in [2.45, 2.75) is 19.4 Å². The number of rotatable bonds is 7. The van der Waals surface area contributed by atoms with Crippen molar-refractivity contribution in [2.75, 3.05) is 14.2 Å². The molecule has 0 bridgehead atoms. The number of nitrogens with one attached hydrogen (secondary N) is 1. The van der Waals surface area contributed by atoms with Crippen LogP contribution in [0.15, 0.2) is 36.4 Å². The number of carbonyl (C=O) groups is 2. The van der Waals surface area contributed by atoms with E-state index in [1.165, 1.54) is 13.2 Å². The molecule has 26 heavy (non-hydrogen) atoms. The molecule has 1 amide bonds. The van der Waals surface area contributed by atoms with Crippen LogP contribution < -0.4 is 14.8 Å². The van der Waals surface area contributed by atoms with Gasteiger partial charge < -0.3 is 19.9 Å². The van der Waals surface area contributed by atoms with Crippen LogP contribution in [0.4, 0.5) is 0 Å². The van der Waals surface area contributed by atoms with E-state index in [9.17, 15) is 14.7 Å². The number of amides is 1. The van der Waals surface area contributed by atoms with Gasteiger partial charge in [-0.2, -0.15) is 0 Å². The van der Waals surface area contributed by atoms with Gasteiger partial charge in [0.15, 0.2) is 6.04 Å². The Balaban J connectivity index is 2.16. The maximum atomic E-state index is 12.3. The zero-order valence-corrected chi connectivity index (χ0v) is 15.5. The van der Waals surface area contributed by atoms with Crippen LogP contribution in [0.2, 0.25) is 5.02 Å². The lowest BCUT2D eigenvalue weighted by Crippen LogP contribution is -2.34. The molecule has 0 saturated carbocycles. The first-order valence-corrected chi connectivity index (χ1v) is 8.22. The van der Waals surface area contributed by atoms with Crippen LogP contribution in [0, 0.1) is 6.92 Å². The molecule has 0 saturated heterocycles. The van der Waals surface area contributed by atoms with Crippen LogP contribution in [0.25, 0.3) is 0 Å². The average molecular weight is 378 g/mol. The lowest BCUT2D eigenvalue weighted by atomic mass is 10.0. The van der Waals surface area contributed by atoms with E-state index in [0.717, 1.165) is 11.1 Å². The Labute approximate surface area is 156 Å². The lowest BCUT2D eigenvalue weighted by molar-refractivity contribution is -0.141. The van der Waals surface area contributed by atoms with Gasteiger partial charge in [-0.3, -0.25) is 4.79 Å². The number of aliphatic carboxylic acids is 1. The van der Waals surface area contributed by atoms with E-state index in [1.54, 1.807) is 31.4 Å². The lowest BCUT2D eigenvalue weighted by Gasteiger charge is -2.16. The summed E-state index contributed by atoms with van der Waals surface area (Å²) in [5.74, 6) is -0.499. The number of hydrogen-bond donors (Lipinski definition) is 2. The molecule has 2 rings (SSSR count). The van der Waals surface area contributed by atoms with Crippen LogP contribution in [0.1, 0.15) is 22.7 Å². The van der Waals surface area contributed by atoms with E-state index in [2.05, 4.69) is 5.32 Å². The molecule has 2 aromatic rings. The van der Waals surface area contributed by atoms with Crippen LogP contribution in [0.3, 0.4) is 0 Å². The maximum Gasteiger partial charge on any atom is 0.330 e. The summed E-state index contributed by atoms with van der Waals surface area (Å²) in [4.78, 5) is 23.9. The number of hydrogen-bond acceptors (Lipinski definition) is 4. The molecule has 0 aromatic heterocycles. The van der Waals surface area contributed by atoms with Crippen LogP contribution in [0.5, 0.6) is 11.5 Å². The zero-order valence-electron chi connectivity index (χ0n) is 14.7. The molecule has 0 spiro atoms. The molecular formula is C19H20ClNO5. The minimum absolute atomic E-state index is 0.0321. The summed E-state index contributed by atoms with van der Waals surface area (Å²) in [6.45, 7) is 1.90. The quantitative estimate of drug-likeness (QED) is 0.774. The van der Waals surface area contributed by atoms with E-state index in [1.807, 2.05) is 13.0 Å². The van der Waals surface area contributed by atoms with Gasteiger partial charge in [0, 0.05) is 0 Å². The van der Waals surface area contributed by atoms with Gasteiger partial charge in [-0.15, -0.1) is 0 Å². The van der Waals surface area contributed by atoms with E-state index in [4.69, 9.17) is 21.1 Å². The molecule has 0 aliphatic carbocycles. The number of ether oxygens (including phenoxy) is 2. The van der Waals surface area contributed by atoms with Crippen LogP contribution >= 0.6 is 11.6 Å². The number of carboxylic acids is 1. The summed E-state index contributed by atoms with van der Waals surface area (Å²) in [5.41, 5.74) is 2.04. The molecule has 0 aliphatic heterocycles. The summed E-state index contributed by atoms with van der Waals surface area (Å²) >= 11 is 6.05. The normalized spacial score (nSPS) is 11.5. The van der Waals surface area contributed by atoms with Crippen molar-refractivity contribution < 1.29 is 24.2 Å². The predicted octanol–water partition coefficient (Wildman–Crippen LogP) is 3.15. The molecule has 2 aromatic carbocycles. The van der Waals surface area contributed by atoms with Crippen molar-refractivity contribution in [2.24, 2.45) is 0 Å². The van der Waals surface area contributed by atoms with Crippen molar-refractivity contribution in [1.82, 2.24) is 5.32 Å². The minimum atomic E-state index is -1.21. The largest absolute Gasteiger partial charge is 0.496 e. The minimum Gasteiger partial charge on any atom is -0.496 e. The van der Waals surface area contributed by atoms with Gasteiger partial charge in [0.2, 0.25) is 5.91 Å². The fraction of sp³-hybridized carbons (Fsp3) is 0.263. The highest BCUT2D eigenvalue weighted by Gasteiger charge is 2.23. The third-order valence-electron chi connectivity index (χ3n) is 3.90. The molecular weight excluding hydrogens is 358 g/mol. The molecule has 0 radical (unpaired) electrons. The van der Waals surface area contributed by atoms with E-state index >= 15 is 0 Å². The summed E-state index contributed by atoms with van der Waals surface area (Å²) < 4.78 is 10.3. The van der Waals surface area contributed by atoms with E-state index < -0.39 is 17.9 Å². The number of carboxylic acid groups (broad SMARTS) is 1. The standard InChI is InChI=1S/C19H20ClNO5/c1-11-4-5-12(8-16(11)26-3)9-17(22)21-18(19(23)24)13-6-7-15(25-2)14(20)10-13/h4-8,10,18H,9H2,1-3H3,(H,21,22)(H,23,24). The zero-order chi connectivity index (χ0) is 19.3. The van der Waals surface area contributed by atoms with Crippen molar-refractivity contribution >= 4 is 23.5 Å². The highest BCUT2D eigenvalue weighted by molar-refractivity contribution is 6.32. The Hall–Kier alpha value is -2.73. The summed E-state index contributed by atoms with van der Waals surface area (Å²) in [6.07, 6.45) is 0.0321. The predicted molar refractivity (Wildman–Crippen MR) is 98.0 cm³/mol. The molecule has 2 N–H and O–H groups in total. The van der Waals surface area contributed by atoms with Crippen molar-refractivity contribution in [1.29, 1.82) is 0 Å². The Morgan fingerprint density at radius 3 is 2.38 bits per heavy atom. The van der Waals surface area contributed by atoms with Gasteiger partial charge in [-0.1, -0.05) is 29.8 Å². The van der Waals surface area contributed by atoms with Crippen LogP contribution in [-0.2, 0) is 16.0 Å². The number of carbonyl (C=O) groups excluding carboxylic acids is 1. The van der Waals surface area contributed by atoms with Crippen molar-refractivity contribution in [3.8, 4) is 11.5 Å².